The van der Waals surface area contributed by atoms with Crippen molar-refractivity contribution in [1.82, 2.24) is 9.80 Å². The van der Waals surface area contributed by atoms with Crippen molar-refractivity contribution in [3.63, 3.8) is 0 Å². The molecular weight excluding hydrogens is 264 g/mol. The Morgan fingerprint density at radius 2 is 1.86 bits per heavy atom. The van der Waals surface area contributed by atoms with Crippen LogP contribution in [0.5, 0.6) is 0 Å². The molecule has 0 saturated carbocycles. The summed E-state index contributed by atoms with van der Waals surface area (Å²) in [6.45, 7) is 10.9. The van der Waals surface area contributed by atoms with Gasteiger partial charge in [-0.15, -0.1) is 0 Å². The van der Waals surface area contributed by atoms with Gasteiger partial charge in [-0.3, -0.25) is 0 Å². The van der Waals surface area contributed by atoms with Crippen LogP contribution in [0.15, 0.2) is 24.3 Å². The minimum atomic E-state index is -0.0670. The summed E-state index contributed by atoms with van der Waals surface area (Å²) in [4.78, 5) is 16.4. The number of nitrogens with one attached hydrogen (secondary N) is 1. The van der Waals surface area contributed by atoms with Crippen LogP contribution in [0.25, 0.3) is 0 Å². The number of hydrogen-bond donors (Lipinski definition) is 2. The topological polar surface area (TPSA) is 61.6 Å². The summed E-state index contributed by atoms with van der Waals surface area (Å²) >= 11 is 0. The van der Waals surface area contributed by atoms with E-state index in [0.29, 0.717) is 12.2 Å². The van der Waals surface area contributed by atoms with Gasteiger partial charge in [0.25, 0.3) is 0 Å². The van der Waals surface area contributed by atoms with Crippen LogP contribution in [-0.4, -0.2) is 48.6 Å². The molecule has 1 rings (SSSR count). The van der Waals surface area contributed by atoms with Crippen LogP contribution >= 0.6 is 0 Å². The Morgan fingerprint density at radius 1 is 1.14 bits per heavy atom. The number of nitrogen functional groups attached to an aromatic ring is 1. The Morgan fingerprint density at radius 3 is 2.43 bits per heavy atom. The molecule has 1 aromatic rings. The van der Waals surface area contributed by atoms with Gasteiger partial charge in [0.05, 0.1) is 0 Å². The van der Waals surface area contributed by atoms with E-state index in [-0.39, 0.29) is 6.03 Å². The van der Waals surface area contributed by atoms with Crippen LogP contribution < -0.4 is 11.1 Å². The Kier molecular flexibility index (Phi) is 7.61. The molecule has 0 unspecified atom stereocenters. The maximum absolute atomic E-state index is 12.2. The van der Waals surface area contributed by atoms with Crippen molar-refractivity contribution in [2.45, 2.75) is 27.2 Å². The first-order chi connectivity index (χ1) is 10.1. The second kappa shape index (κ2) is 9.23. The summed E-state index contributed by atoms with van der Waals surface area (Å²) in [5.74, 6) is 0. The van der Waals surface area contributed by atoms with Gasteiger partial charge in [-0.1, -0.05) is 19.9 Å². The zero-order valence-corrected chi connectivity index (χ0v) is 13.4. The zero-order chi connectivity index (χ0) is 15.7. The molecule has 0 aliphatic carbocycles. The van der Waals surface area contributed by atoms with Gasteiger partial charge in [-0.25, -0.2) is 4.79 Å². The number of amides is 2. The predicted molar refractivity (Wildman–Crippen MR) is 89.5 cm³/mol. The molecule has 2 amide bonds. The van der Waals surface area contributed by atoms with Gasteiger partial charge in [-0.2, -0.15) is 0 Å². The third kappa shape index (κ3) is 6.04. The number of nitrogens with zero attached hydrogens (tertiary/aromatic N) is 2. The maximum atomic E-state index is 12.2. The Bertz CT molecular complexity index is 432. The number of urea groups is 1. The van der Waals surface area contributed by atoms with E-state index in [0.717, 1.165) is 38.3 Å². The van der Waals surface area contributed by atoms with Crippen molar-refractivity contribution in [1.29, 1.82) is 0 Å². The minimum Gasteiger partial charge on any atom is -0.399 e. The average molecular weight is 292 g/mol. The average Bonchev–Trinajstić information content (AvgIpc) is 2.47. The summed E-state index contributed by atoms with van der Waals surface area (Å²) < 4.78 is 0. The van der Waals surface area contributed by atoms with E-state index in [1.165, 1.54) is 0 Å². The van der Waals surface area contributed by atoms with E-state index in [2.05, 4.69) is 24.1 Å². The fraction of sp³-hybridized carbons (Fsp3) is 0.562. The number of nitrogens with two attached hydrogens (primary N) is 1. The molecule has 0 radical (unpaired) electrons. The summed E-state index contributed by atoms with van der Waals surface area (Å²) in [7, 11) is 0. The molecule has 1 aromatic carbocycles. The van der Waals surface area contributed by atoms with Crippen LogP contribution in [0.2, 0.25) is 0 Å². The lowest BCUT2D eigenvalue weighted by molar-refractivity contribution is 0.208. The minimum absolute atomic E-state index is 0.0670. The zero-order valence-electron chi connectivity index (χ0n) is 13.4. The Labute approximate surface area is 128 Å². The molecule has 0 aliphatic heterocycles. The van der Waals surface area contributed by atoms with Gasteiger partial charge in [0, 0.05) is 24.5 Å². The molecule has 0 aromatic heterocycles. The highest BCUT2D eigenvalue weighted by atomic mass is 16.2. The summed E-state index contributed by atoms with van der Waals surface area (Å²) in [6.07, 6.45) is 0.986. The molecule has 5 heteroatoms. The van der Waals surface area contributed by atoms with Crippen LogP contribution in [0.1, 0.15) is 27.2 Å². The summed E-state index contributed by atoms with van der Waals surface area (Å²) in [6, 6.07) is 7.18. The molecule has 0 heterocycles. The number of carbonyl (C=O) groups excluding carboxylic acids is 1. The highest BCUT2D eigenvalue weighted by Crippen LogP contribution is 2.12. The molecule has 3 N–H and O–H groups in total. The highest BCUT2D eigenvalue weighted by molar-refractivity contribution is 5.89. The van der Waals surface area contributed by atoms with E-state index in [9.17, 15) is 4.79 Å². The summed E-state index contributed by atoms with van der Waals surface area (Å²) in [5.41, 5.74) is 7.11. The molecule has 5 nitrogen and oxygen atoms in total. The molecule has 0 spiro atoms. The predicted octanol–water partition coefficient (Wildman–Crippen LogP) is 2.85. The Balaban J connectivity index is 2.46. The third-order valence-electron chi connectivity index (χ3n) is 3.60. The smallest absolute Gasteiger partial charge is 0.321 e. The van der Waals surface area contributed by atoms with Crippen molar-refractivity contribution in [2.75, 3.05) is 43.8 Å². The van der Waals surface area contributed by atoms with E-state index < -0.39 is 0 Å². The van der Waals surface area contributed by atoms with E-state index in [4.69, 9.17) is 5.73 Å². The molecule has 21 heavy (non-hydrogen) atoms. The van der Waals surface area contributed by atoms with E-state index >= 15 is 0 Å². The fourth-order valence-electron chi connectivity index (χ4n) is 2.25. The SMILES string of the molecule is CCN(CC)CCCN(CC)C(=O)Nc1cccc(N)c1. The van der Waals surface area contributed by atoms with Crippen LogP contribution in [0.4, 0.5) is 16.2 Å². The molecule has 0 bridgehead atoms. The van der Waals surface area contributed by atoms with Gasteiger partial charge in [-0.05, 0) is 51.2 Å². The first-order valence-corrected chi connectivity index (χ1v) is 7.74. The van der Waals surface area contributed by atoms with Crippen molar-refractivity contribution in [3.8, 4) is 0 Å². The van der Waals surface area contributed by atoms with E-state index in [1.54, 1.807) is 12.1 Å². The van der Waals surface area contributed by atoms with Crippen molar-refractivity contribution >= 4 is 17.4 Å². The Hall–Kier alpha value is -1.75. The molecule has 118 valence electrons. The van der Waals surface area contributed by atoms with Gasteiger partial charge in [0.2, 0.25) is 0 Å². The molecule has 0 aliphatic rings. The van der Waals surface area contributed by atoms with Crippen LogP contribution in [0, 0.1) is 0 Å². The number of rotatable bonds is 8. The van der Waals surface area contributed by atoms with Gasteiger partial charge >= 0.3 is 6.03 Å². The first kappa shape index (κ1) is 17.3. The van der Waals surface area contributed by atoms with Crippen LogP contribution in [0.3, 0.4) is 0 Å². The molecule has 0 atom stereocenters. The van der Waals surface area contributed by atoms with Gasteiger partial charge in [0.15, 0.2) is 0 Å². The lowest BCUT2D eigenvalue weighted by atomic mass is 10.3. The number of carbonyl (C=O) groups is 1. The van der Waals surface area contributed by atoms with Crippen molar-refractivity contribution in [3.05, 3.63) is 24.3 Å². The standard InChI is InChI=1S/C16H28N4O/c1-4-19(5-2)11-8-12-20(6-3)16(21)18-15-10-7-9-14(17)13-15/h7,9-10,13H,4-6,8,11-12,17H2,1-3H3,(H,18,21). The molecular formula is C16H28N4O. The first-order valence-electron chi connectivity index (χ1n) is 7.74. The second-order valence-corrected chi connectivity index (χ2v) is 5.02. The third-order valence-corrected chi connectivity index (χ3v) is 3.60. The quantitative estimate of drug-likeness (QED) is 0.724. The second-order valence-electron chi connectivity index (χ2n) is 5.02. The molecule has 0 saturated heterocycles. The van der Waals surface area contributed by atoms with Crippen molar-refractivity contribution < 1.29 is 4.79 Å². The maximum Gasteiger partial charge on any atom is 0.321 e. The lowest BCUT2D eigenvalue weighted by Crippen LogP contribution is -2.37. The van der Waals surface area contributed by atoms with E-state index in [1.807, 2.05) is 24.0 Å². The largest absolute Gasteiger partial charge is 0.399 e. The van der Waals surface area contributed by atoms with Gasteiger partial charge < -0.3 is 20.9 Å². The molecule has 0 fully saturated rings. The monoisotopic (exact) mass is 292 g/mol. The van der Waals surface area contributed by atoms with Crippen molar-refractivity contribution in [2.24, 2.45) is 0 Å². The number of anilines is 2. The number of benzene rings is 1. The highest BCUT2D eigenvalue weighted by Gasteiger charge is 2.11. The van der Waals surface area contributed by atoms with Crippen LogP contribution in [-0.2, 0) is 0 Å². The summed E-state index contributed by atoms with van der Waals surface area (Å²) in [5, 5.41) is 2.89. The fourth-order valence-corrected chi connectivity index (χ4v) is 2.25. The normalized spacial score (nSPS) is 10.7. The van der Waals surface area contributed by atoms with Gasteiger partial charge in [0.1, 0.15) is 0 Å². The lowest BCUT2D eigenvalue weighted by Gasteiger charge is -2.24. The number of hydrogen-bond acceptors (Lipinski definition) is 3.